The van der Waals surface area contributed by atoms with Crippen LogP contribution in [0.2, 0.25) is 0 Å². The Kier molecular flexibility index (Phi) is 3.71. The van der Waals surface area contributed by atoms with Gasteiger partial charge in [-0.05, 0) is 66.0 Å². The molecule has 0 saturated heterocycles. The molecule has 0 unspecified atom stereocenters. The smallest absolute Gasteiger partial charge is 0.0411 e. The van der Waals surface area contributed by atoms with Crippen molar-refractivity contribution in [3.05, 3.63) is 53.1 Å². The molecule has 126 valence electrons. The van der Waals surface area contributed by atoms with E-state index in [0.29, 0.717) is 17.9 Å². The quantitative estimate of drug-likeness (QED) is 0.658. The summed E-state index contributed by atoms with van der Waals surface area (Å²) in [6.45, 7) is 12.9. The number of fused-ring (bicyclic) bond motifs is 2. The molecule has 0 spiro atoms. The van der Waals surface area contributed by atoms with Gasteiger partial charge in [-0.25, -0.2) is 0 Å². The Hall–Kier alpha value is -1.76. The first-order valence-electron chi connectivity index (χ1n) is 9.55. The van der Waals surface area contributed by atoms with Crippen LogP contribution in [0, 0.1) is 5.92 Å². The van der Waals surface area contributed by atoms with Gasteiger partial charge in [-0.1, -0.05) is 51.1 Å². The molecule has 2 aromatic rings. The molecule has 2 aromatic carbocycles. The topological polar surface area (TPSA) is 3.24 Å². The molecule has 0 radical (unpaired) electrons. The van der Waals surface area contributed by atoms with Crippen molar-refractivity contribution < 1.29 is 0 Å². The first kappa shape index (κ1) is 15.7. The van der Waals surface area contributed by atoms with Crippen molar-refractivity contribution >= 4 is 5.69 Å². The van der Waals surface area contributed by atoms with Crippen molar-refractivity contribution in [1.29, 1.82) is 0 Å². The number of rotatable bonds is 2. The van der Waals surface area contributed by atoms with Crippen LogP contribution in [-0.4, -0.2) is 12.6 Å². The van der Waals surface area contributed by atoms with Crippen LogP contribution < -0.4 is 4.90 Å². The van der Waals surface area contributed by atoms with Gasteiger partial charge in [0.1, 0.15) is 0 Å². The highest BCUT2D eigenvalue weighted by Gasteiger charge is 2.34. The lowest BCUT2D eigenvalue weighted by Gasteiger charge is -2.24. The van der Waals surface area contributed by atoms with Crippen LogP contribution in [0.3, 0.4) is 0 Å². The van der Waals surface area contributed by atoms with E-state index in [4.69, 9.17) is 0 Å². The van der Waals surface area contributed by atoms with Gasteiger partial charge in [0.25, 0.3) is 0 Å². The van der Waals surface area contributed by atoms with Crippen molar-refractivity contribution in [3.63, 3.8) is 0 Å². The van der Waals surface area contributed by atoms with Crippen molar-refractivity contribution in [3.8, 4) is 11.1 Å². The first-order chi connectivity index (χ1) is 11.5. The van der Waals surface area contributed by atoms with E-state index in [9.17, 15) is 0 Å². The number of benzene rings is 2. The summed E-state index contributed by atoms with van der Waals surface area (Å²) < 4.78 is 0. The predicted molar refractivity (Wildman–Crippen MR) is 104 cm³/mol. The zero-order valence-corrected chi connectivity index (χ0v) is 15.6. The lowest BCUT2D eigenvalue weighted by atomic mass is 9.89. The monoisotopic (exact) mass is 319 g/mol. The highest BCUT2D eigenvalue weighted by atomic mass is 15.2. The van der Waals surface area contributed by atoms with Crippen LogP contribution in [0.4, 0.5) is 5.69 Å². The molecular formula is C23H29N. The average Bonchev–Trinajstić information content (AvgIpc) is 3.01. The van der Waals surface area contributed by atoms with Gasteiger partial charge in [0.05, 0.1) is 0 Å². The number of hydrogen-bond donors (Lipinski definition) is 0. The maximum absolute atomic E-state index is 2.56. The summed E-state index contributed by atoms with van der Waals surface area (Å²) in [5.41, 5.74) is 8.97. The lowest BCUT2D eigenvalue weighted by molar-refractivity contribution is 0.532. The SMILES string of the molecule is CCN1c2cccc(-c3ccc4c(c3)C[C@H](C)[C@@H]4C)c2[C@H](C)[C@@H]1C. The number of hydrogen-bond acceptors (Lipinski definition) is 1. The third-order valence-electron chi connectivity index (χ3n) is 6.74. The fourth-order valence-electron chi connectivity index (χ4n) is 4.95. The minimum atomic E-state index is 0.584. The van der Waals surface area contributed by atoms with Crippen molar-refractivity contribution in [2.24, 2.45) is 5.92 Å². The van der Waals surface area contributed by atoms with E-state index in [0.717, 1.165) is 12.5 Å². The molecule has 1 heterocycles. The molecule has 0 saturated carbocycles. The van der Waals surface area contributed by atoms with Crippen LogP contribution in [0.1, 0.15) is 63.1 Å². The Balaban J connectivity index is 1.83. The summed E-state index contributed by atoms with van der Waals surface area (Å²) in [6.07, 6.45) is 1.23. The Bertz CT molecular complexity index is 776. The van der Waals surface area contributed by atoms with Crippen molar-refractivity contribution in [2.45, 2.75) is 58.9 Å². The molecule has 0 bridgehead atoms. The van der Waals surface area contributed by atoms with Crippen LogP contribution in [0.5, 0.6) is 0 Å². The summed E-state index contributed by atoms with van der Waals surface area (Å²) >= 11 is 0. The van der Waals surface area contributed by atoms with Gasteiger partial charge in [0, 0.05) is 24.2 Å². The summed E-state index contributed by atoms with van der Waals surface area (Å²) in [7, 11) is 0. The molecule has 0 amide bonds. The van der Waals surface area contributed by atoms with E-state index < -0.39 is 0 Å². The first-order valence-corrected chi connectivity index (χ1v) is 9.55. The van der Waals surface area contributed by atoms with Gasteiger partial charge in [-0.2, -0.15) is 0 Å². The van der Waals surface area contributed by atoms with Gasteiger partial charge in [0.15, 0.2) is 0 Å². The fraction of sp³-hybridized carbons (Fsp3) is 0.478. The molecule has 1 aliphatic carbocycles. The van der Waals surface area contributed by atoms with Gasteiger partial charge in [0.2, 0.25) is 0 Å². The molecule has 24 heavy (non-hydrogen) atoms. The second kappa shape index (κ2) is 5.65. The van der Waals surface area contributed by atoms with E-state index in [2.05, 4.69) is 75.9 Å². The Morgan fingerprint density at radius 3 is 2.54 bits per heavy atom. The Labute approximate surface area is 146 Å². The molecule has 4 atom stereocenters. The van der Waals surface area contributed by atoms with Crippen molar-refractivity contribution in [2.75, 3.05) is 11.4 Å². The molecule has 1 heteroatoms. The fourth-order valence-corrected chi connectivity index (χ4v) is 4.95. The number of anilines is 1. The maximum Gasteiger partial charge on any atom is 0.0411 e. The summed E-state index contributed by atoms with van der Waals surface area (Å²) in [6, 6.07) is 14.7. The minimum Gasteiger partial charge on any atom is -0.368 e. The molecule has 2 aliphatic rings. The van der Waals surface area contributed by atoms with Gasteiger partial charge < -0.3 is 4.90 Å². The van der Waals surface area contributed by atoms with Crippen LogP contribution in [0.15, 0.2) is 36.4 Å². The third kappa shape index (κ3) is 2.13. The summed E-state index contributed by atoms with van der Waals surface area (Å²) in [5.74, 6) is 2.05. The summed E-state index contributed by atoms with van der Waals surface area (Å²) in [4.78, 5) is 2.56. The molecule has 4 rings (SSSR count). The minimum absolute atomic E-state index is 0.584. The second-order valence-electron chi connectivity index (χ2n) is 7.94. The van der Waals surface area contributed by atoms with Crippen molar-refractivity contribution in [1.82, 2.24) is 0 Å². The normalized spacial score (nSPS) is 28.1. The van der Waals surface area contributed by atoms with E-state index in [1.165, 1.54) is 23.2 Å². The van der Waals surface area contributed by atoms with Crippen LogP contribution >= 0.6 is 0 Å². The summed E-state index contributed by atoms with van der Waals surface area (Å²) in [5, 5.41) is 0. The average molecular weight is 319 g/mol. The van der Waals surface area contributed by atoms with Gasteiger partial charge in [-0.15, -0.1) is 0 Å². The van der Waals surface area contributed by atoms with Crippen LogP contribution in [0.25, 0.3) is 11.1 Å². The number of likely N-dealkylation sites (N-methyl/N-ethyl adjacent to an activating group) is 1. The van der Waals surface area contributed by atoms with Crippen LogP contribution in [-0.2, 0) is 6.42 Å². The zero-order valence-electron chi connectivity index (χ0n) is 15.6. The van der Waals surface area contributed by atoms with E-state index in [1.807, 2.05) is 0 Å². The second-order valence-corrected chi connectivity index (χ2v) is 7.94. The lowest BCUT2D eigenvalue weighted by Crippen LogP contribution is -2.30. The predicted octanol–water partition coefficient (Wildman–Crippen LogP) is 5.98. The zero-order chi connectivity index (χ0) is 17.0. The van der Waals surface area contributed by atoms with Gasteiger partial charge in [-0.3, -0.25) is 0 Å². The molecule has 0 fully saturated rings. The highest BCUT2D eigenvalue weighted by molar-refractivity contribution is 5.79. The van der Waals surface area contributed by atoms with E-state index >= 15 is 0 Å². The molecule has 1 nitrogen and oxygen atoms in total. The molecule has 0 aromatic heterocycles. The maximum atomic E-state index is 2.56. The van der Waals surface area contributed by atoms with E-state index in [1.54, 1.807) is 16.7 Å². The Morgan fingerprint density at radius 2 is 1.79 bits per heavy atom. The highest BCUT2D eigenvalue weighted by Crippen LogP contribution is 2.46. The number of nitrogens with zero attached hydrogens (tertiary/aromatic N) is 1. The molecular weight excluding hydrogens is 290 g/mol. The third-order valence-corrected chi connectivity index (χ3v) is 6.74. The Morgan fingerprint density at radius 1 is 1.00 bits per heavy atom. The van der Waals surface area contributed by atoms with Gasteiger partial charge >= 0.3 is 0 Å². The van der Waals surface area contributed by atoms with E-state index in [-0.39, 0.29) is 0 Å². The standard InChI is InChI=1S/C23H29N/c1-6-24-17(5)16(4)23-21(8-7-9-22(23)24)18-10-11-20-15(3)14(2)12-19(20)13-18/h7-11,13-17H,6,12H2,1-5H3/t14-,15-,16+,17-/m0/s1. The largest absolute Gasteiger partial charge is 0.368 e. The molecule has 1 aliphatic heterocycles. The molecule has 0 N–H and O–H groups in total.